The lowest BCUT2D eigenvalue weighted by molar-refractivity contribution is 0.592. The fourth-order valence-corrected chi connectivity index (χ4v) is 2.09. The fourth-order valence-electron chi connectivity index (χ4n) is 1.63. The Balaban J connectivity index is 2.82. The van der Waals surface area contributed by atoms with Crippen LogP contribution < -0.4 is 0 Å². The maximum absolute atomic E-state index is 13.4. The molecule has 0 aliphatic heterocycles. The lowest BCUT2D eigenvalue weighted by Gasteiger charge is -2.00. The summed E-state index contributed by atoms with van der Waals surface area (Å²) in [5.74, 6) is -1.08. The van der Waals surface area contributed by atoms with Crippen molar-refractivity contribution < 1.29 is 8.78 Å². The van der Waals surface area contributed by atoms with Crippen molar-refractivity contribution in [2.24, 2.45) is 0 Å². The Kier molecular flexibility index (Phi) is 2.43. The summed E-state index contributed by atoms with van der Waals surface area (Å²) in [5, 5.41) is 0.610. The summed E-state index contributed by atoms with van der Waals surface area (Å²) in [4.78, 5) is 2.93. The molecule has 0 fully saturated rings. The van der Waals surface area contributed by atoms with E-state index in [9.17, 15) is 8.78 Å². The van der Waals surface area contributed by atoms with Crippen LogP contribution in [0.3, 0.4) is 0 Å². The molecule has 4 heteroatoms. The Morgan fingerprint density at radius 3 is 2.53 bits per heavy atom. The number of fused-ring (bicyclic) bond motifs is 1. The summed E-state index contributed by atoms with van der Waals surface area (Å²) in [6, 6.07) is 2.09. The Hall–Kier alpha value is -1.09. The Morgan fingerprint density at radius 2 is 1.93 bits per heavy atom. The molecule has 0 saturated heterocycles. The molecule has 0 aliphatic carbocycles. The third kappa shape index (κ3) is 1.61. The first-order valence-electron chi connectivity index (χ1n) is 4.67. The summed E-state index contributed by atoms with van der Waals surface area (Å²) in [6.45, 7) is 3.87. The molecule has 1 heterocycles. The van der Waals surface area contributed by atoms with Gasteiger partial charge in [0.25, 0.3) is 0 Å². The van der Waals surface area contributed by atoms with Crippen LogP contribution in [0.5, 0.6) is 0 Å². The smallest absolute Gasteiger partial charge is 0.137 e. The lowest BCUT2D eigenvalue weighted by Crippen LogP contribution is -1.86. The van der Waals surface area contributed by atoms with Crippen LogP contribution in [0.2, 0.25) is 5.02 Å². The van der Waals surface area contributed by atoms with Crippen LogP contribution in [0.4, 0.5) is 8.78 Å². The van der Waals surface area contributed by atoms with E-state index in [0.29, 0.717) is 10.5 Å². The fraction of sp³-hybridized carbons (Fsp3) is 0.273. The molecular formula is C11H10ClF2N. The number of hydrogen-bond donors (Lipinski definition) is 1. The molecule has 0 unspecified atom stereocenters. The maximum Gasteiger partial charge on any atom is 0.137 e. The normalized spacial score (nSPS) is 11.6. The second-order valence-electron chi connectivity index (χ2n) is 3.82. The van der Waals surface area contributed by atoms with Gasteiger partial charge in [-0.15, -0.1) is 0 Å². The van der Waals surface area contributed by atoms with E-state index < -0.39 is 11.6 Å². The third-order valence-corrected chi connectivity index (χ3v) is 2.75. The first-order valence-corrected chi connectivity index (χ1v) is 5.04. The summed E-state index contributed by atoms with van der Waals surface area (Å²) < 4.78 is 26.4. The van der Waals surface area contributed by atoms with E-state index in [1.807, 2.05) is 13.8 Å². The van der Waals surface area contributed by atoms with E-state index in [1.165, 1.54) is 6.07 Å². The zero-order chi connectivity index (χ0) is 11.2. The molecule has 2 rings (SSSR count). The van der Waals surface area contributed by atoms with Crippen molar-refractivity contribution in [2.45, 2.75) is 19.8 Å². The van der Waals surface area contributed by atoms with Gasteiger partial charge in [-0.05, 0) is 12.0 Å². The summed E-state index contributed by atoms with van der Waals surface area (Å²) in [7, 11) is 0. The molecule has 1 aromatic heterocycles. The highest BCUT2D eigenvalue weighted by atomic mass is 35.5. The van der Waals surface area contributed by atoms with Crippen LogP contribution in [0.1, 0.15) is 25.5 Å². The van der Waals surface area contributed by atoms with Crippen molar-refractivity contribution in [3.63, 3.8) is 0 Å². The maximum atomic E-state index is 13.4. The minimum atomic E-state index is -0.627. The molecule has 0 radical (unpaired) electrons. The van der Waals surface area contributed by atoms with Gasteiger partial charge >= 0.3 is 0 Å². The topological polar surface area (TPSA) is 15.8 Å². The van der Waals surface area contributed by atoms with Crippen LogP contribution >= 0.6 is 11.6 Å². The summed E-state index contributed by atoms with van der Waals surface area (Å²) >= 11 is 6.02. The van der Waals surface area contributed by atoms with Crippen LogP contribution in [0.15, 0.2) is 12.1 Å². The molecule has 1 N–H and O–H groups in total. The van der Waals surface area contributed by atoms with Crippen molar-refractivity contribution in [2.75, 3.05) is 0 Å². The molecule has 0 saturated carbocycles. The predicted octanol–water partition coefficient (Wildman–Crippen LogP) is 4.22. The molecule has 1 nitrogen and oxygen atoms in total. The van der Waals surface area contributed by atoms with Gasteiger partial charge in [-0.2, -0.15) is 0 Å². The molecular weight excluding hydrogens is 220 g/mol. The van der Waals surface area contributed by atoms with Gasteiger partial charge < -0.3 is 4.98 Å². The highest BCUT2D eigenvalue weighted by molar-refractivity contribution is 6.36. The highest BCUT2D eigenvalue weighted by Crippen LogP contribution is 2.33. The quantitative estimate of drug-likeness (QED) is 0.754. The first kappa shape index (κ1) is 10.4. The van der Waals surface area contributed by atoms with Crippen molar-refractivity contribution in [3.8, 4) is 0 Å². The van der Waals surface area contributed by atoms with Gasteiger partial charge in [0.2, 0.25) is 0 Å². The number of halogens is 3. The van der Waals surface area contributed by atoms with Gasteiger partial charge in [-0.25, -0.2) is 8.78 Å². The number of H-pyrrole nitrogens is 1. The van der Waals surface area contributed by atoms with E-state index in [-0.39, 0.29) is 11.3 Å². The number of benzene rings is 1. The van der Waals surface area contributed by atoms with Gasteiger partial charge in [0.05, 0.1) is 15.9 Å². The molecule has 0 aliphatic rings. The Bertz CT molecular complexity index is 517. The zero-order valence-corrected chi connectivity index (χ0v) is 9.12. The monoisotopic (exact) mass is 229 g/mol. The van der Waals surface area contributed by atoms with E-state index in [1.54, 1.807) is 0 Å². The van der Waals surface area contributed by atoms with Gasteiger partial charge in [0, 0.05) is 11.8 Å². The van der Waals surface area contributed by atoms with Crippen molar-refractivity contribution >= 4 is 22.5 Å². The van der Waals surface area contributed by atoms with Gasteiger partial charge in [0.15, 0.2) is 0 Å². The first-order chi connectivity index (χ1) is 7.00. The summed E-state index contributed by atoms with van der Waals surface area (Å²) in [5.41, 5.74) is 1.14. The Labute approximate surface area is 91.1 Å². The third-order valence-electron chi connectivity index (χ3n) is 2.36. The molecule has 0 atom stereocenters. The molecule has 0 spiro atoms. The highest BCUT2D eigenvalue weighted by Gasteiger charge is 2.16. The van der Waals surface area contributed by atoms with Crippen LogP contribution in [-0.4, -0.2) is 4.98 Å². The number of aromatic amines is 1. The second kappa shape index (κ2) is 3.49. The number of nitrogens with one attached hydrogen (secondary N) is 1. The van der Waals surface area contributed by atoms with E-state index >= 15 is 0 Å². The zero-order valence-electron chi connectivity index (χ0n) is 8.37. The minimum absolute atomic E-state index is 0.146. The van der Waals surface area contributed by atoms with Crippen LogP contribution in [-0.2, 0) is 0 Å². The average molecular weight is 230 g/mol. The molecule has 80 valence electrons. The number of hydrogen-bond acceptors (Lipinski definition) is 0. The standard InChI is InChI=1S/C11H10ClF2N/c1-5(2)11-10(12)9-7(14)3-6(13)4-8(9)15-11/h3-5,15H,1-2H3. The minimum Gasteiger partial charge on any atom is -0.357 e. The Morgan fingerprint density at radius 1 is 1.27 bits per heavy atom. The van der Waals surface area contributed by atoms with E-state index in [2.05, 4.69) is 4.98 Å². The SMILES string of the molecule is CC(C)c1[nH]c2cc(F)cc(F)c2c1Cl. The number of rotatable bonds is 1. The van der Waals surface area contributed by atoms with Crippen molar-refractivity contribution in [3.05, 3.63) is 34.5 Å². The average Bonchev–Trinajstić information content (AvgIpc) is 2.42. The van der Waals surface area contributed by atoms with Crippen LogP contribution in [0.25, 0.3) is 10.9 Å². The molecule has 2 aromatic rings. The van der Waals surface area contributed by atoms with E-state index in [4.69, 9.17) is 11.6 Å². The van der Waals surface area contributed by atoms with Gasteiger partial charge in [0.1, 0.15) is 11.6 Å². The van der Waals surface area contributed by atoms with Crippen LogP contribution in [0, 0.1) is 11.6 Å². The summed E-state index contributed by atoms with van der Waals surface area (Å²) in [6.07, 6.45) is 0. The van der Waals surface area contributed by atoms with Crippen molar-refractivity contribution in [1.29, 1.82) is 0 Å². The largest absolute Gasteiger partial charge is 0.357 e. The lowest BCUT2D eigenvalue weighted by atomic mass is 10.1. The van der Waals surface area contributed by atoms with Gasteiger partial charge in [-0.3, -0.25) is 0 Å². The molecule has 0 bridgehead atoms. The van der Waals surface area contributed by atoms with E-state index in [0.717, 1.165) is 11.8 Å². The number of aromatic nitrogens is 1. The molecule has 1 aromatic carbocycles. The molecule has 0 amide bonds. The van der Waals surface area contributed by atoms with Crippen molar-refractivity contribution in [1.82, 2.24) is 4.98 Å². The van der Waals surface area contributed by atoms with Gasteiger partial charge in [-0.1, -0.05) is 25.4 Å². The molecule has 15 heavy (non-hydrogen) atoms. The predicted molar refractivity (Wildman–Crippen MR) is 57.3 cm³/mol. The second-order valence-corrected chi connectivity index (χ2v) is 4.20.